The highest BCUT2D eigenvalue weighted by Crippen LogP contribution is 2.20. The number of hydrogen-bond donors (Lipinski definition) is 3. The zero-order valence-corrected chi connectivity index (χ0v) is 9.85. The molecule has 90 valence electrons. The van der Waals surface area contributed by atoms with Gasteiger partial charge in [0, 0.05) is 0 Å². The number of aryl methyl sites for hydroxylation is 2. The molecule has 0 saturated carbocycles. The zero-order valence-electron chi connectivity index (χ0n) is 9.85. The minimum absolute atomic E-state index is 0.254. The molecular weight excluding hydrogens is 204 g/mol. The van der Waals surface area contributed by atoms with Crippen LogP contribution in [0.3, 0.4) is 0 Å². The summed E-state index contributed by atoms with van der Waals surface area (Å²) in [5.41, 5.74) is 1.90. The summed E-state index contributed by atoms with van der Waals surface area (Å²) in [6.45, 7) is 3.79. The van der Waals surface area contributed by atoms with Gasteiger partial charge in [0.1, 0.15) is 5.75 Å². The minimum atomic E-state index is -0.718. The van der Waals surface area contributed by atoms with Crippen LogP contribution in [0.4, 0.5) is 0 Å². The van der Waals surface area contributed by atoms with Gasteiger partial charge < -0.3 is 15.3 Å². The maximum atomic E-state index is 9.61. The van der Waals surface area contributed by atoms with E-state index in [-0.39, 0.29) is 5.75 Å². The number of benzene rings is 1. The standard InChI is InChI=1S/C13H20O3/c1-3-11(14)13(16)7-5-10-8-9(2)4-6-12(10)15/h4,6,8,11,13-16H,3,5,7H2,1-2H3. The van der Waals surface area contributed by atoms with Crippen molar-refractivity contribution < 1.29 is 15.3 Å². The Morgan fingerprint density at radius 3 is 2.50 bits per heavy atom. The average Bonchev–Trinajstić information content (AvgIpc) is 2.28. The number of rotatable bonds is 5. The number of hydrogen-bond acceptors (Lipinski definition) is 3. The summed E-state index contributed by atoms with van der Waals surface area (Å²) in [5.74, 6) is 0.254. The van der Waals surface area contributed by atoms with Crippen molar-refractivity contribution in [1.29, 1.82) is 0 Å². The Hall–Kier alpha value is -1.06. The van der Waals surface area contributed by atoms with Crippen LogP contribution >= 0.6 is 0 Å². The van der Waals surface area contributed by atoms with Crippen LogP contribution in [0.2, 0.25) is 0 Å². The molecular formula is C13H20O3. The summed E-state index contributed by atoms with van der Waals surface area (Å²) in [6.07, 6.45) is 0.190. The SMILES string of the molecule is CCC(O)C(O)CCc1cc(C)ccc1O. The van der Waals surface area contributed by atoms with E-state index in [1.165, 1.54) is 0 Å². The van der Waals surface area contributed by atoms with Crippen molar-refractivity contribution in [2.45, 2.75) is 45.3 Å². The molecule has 2 unspecified atom stereocenters. The molecule has 3 heteroatoms. The van der Waals surface area contributed by atoms with Gasteiger partial charge in [0.25, 0.3) is 0 Å². The predicted octanol–water partition coefficient (Wildman–Crippen LogP) is 1.77. The molecule has 16 heavy (non-hydrogen) atoms. The number of phenolic OH excluding ortho intramolecular Hbond substituents is 1. The molecule has 0 fully saturated rings. The van der Waals surface area contributed by atoms with Crippen molar-refractivity contribution in [2.24, 2.45) is 0 Å². The molecule has 2 atom stereocenters. The van der Waals surface area contributed by atoms with Gasteiger partial charge in [-0.1, -0.05) is 24.6 Å². The minimum Gasteiger partial charge on any atom is -0.508 e. The highest BCUT2D eigenvalue weighted by Gasteiger charge is 2.14. The van der Waals surface area contributed by atoms with Gasteiger partial charge in [0.2, 0.25) is 0 Å². The molecule has 0 radical (unpaired) electrons. The van der Waals surface area contributed by atoms with Crippen LogP contribution in [0.15, 0.2) is 18.2 Å². The second-order valence-corrected chi connectivity index (χ2v) is 4.21. The van der Waals surface area contributed by atoms with Crippen molar-refractivity contribution in [3.8, 4) is 5.75 Å². The van der Waals surface area contributed by atoms with E-state index in [9.17, 15) is 15.3 Å². The van der Waals surface area contributed by atoms with E-state index >= 15 is 0 Å². The highest BCUT2D eigenvalue weighted by atomic mass is 16.3. The summed E-state index contributed by atoms with van der Waals surface area (Å²) in [6, 6.07) is 5.41. The first-order valence-corrected chi connectivity index (χ1v) is 5.69. The third kappa shape index (κ3) is 3.51. The van der Waals surface area contributed by atoms with Crippen molar-refractivity contribution in [3.05, 3.63) is 29.3 Å². The van der Waals surface area contributed by atoms with Gasteiger partial charge in [-0.2, -0.15) is 0 Å². The largest absolute Gasteiger partial charge is 0.508 e. The van der Waals surface area contributed by atoms with Gasteiger partial charge in [-0.3, -0.25) is 0 Å². The average molecular weight is 224 g/mol. The van der Waals surface area contributed by atoms with E-state index in [0.29, 0.717) is 19.3 Å². The fourth-order valence-electron chi connectivity index (χ4n) is 1.68. The molecule has 0 aliphatic rings. The number of aliphatic hydroxyl groups excluding tert-OH is 2. The Bertz CT molecular complexity index is 336. The van der Waals surface area contributed by atoms with Crippen LogP contribution in [0.1, 0.15) is 30.9 Å². The summed E-state index contributed by atoms with van der Waals surface area (Å²) < 4.78 is 0. The van der Waals surface area contributed by atoms with Crippen molar-refractivity contribution in [1.82, 2.24) is 0 Å². The van der Waals surface area contributed by atoms with Gasteiger partial charge in [0.05, 0.1) is 12.2 Å². The molecule has 1 rings (SSSR count). The molecule has 0 aliphatic carbocycles. The van der Waals surface area contributed by atoms with Crippen LogP contribution < -0.4 is 0 Å². The van der Waals surface area contributed by atoms with Crippen LogP contribution in [0.5, 0.6) is 5.75 Å². The Labute approximate surface area is 96.4 Å². The number of aliphatic hydroxyl groups is 2. The van der Waals surface area contributed by atoms with Crippen molar-refractivity contribution in [2.75, 3.05) is 0 Å². The Kier molecular flexibility index (Phi) is 4.77. The lowest BCUT2D eigenvalue weighted by atomic mass is 10.0. The fraction of sp³-hybridized carbons (Fsp3) is 0.538. The number of aromatic hydroxyl groups is 1. The third-order valence-corrected chi connectivity index (χ3v) is 2.81. The first-order valence-electron chi connectivity index (χ1n) is 5.69. The van der Waals surface area contributed by atoms with Gasteiger partial charge >= 0.3 is 0 Å². The molecule has 0 aromatic heterocycles. The van der Waals surface area contributed by atoms with Crippen molar-refractivity contribution >= 4 is 0 Å². The fourth-order valence-corrected chi connectivity index (χ4v) is 1.68. The molecule has 0 saturated heterocycles. The Balaban J connectivity index is 2.57. The van der Waals surface area contributed by atoms with Crippen LogP contribution in [-0.4, -0.2) is 27.5 Å². The third-order valence-electron chi connectivity index (χ3n) is 2.81. The second-order valence-electron chi connectivity index (χ2n) is 4.21. The molecule has 0 aliphatic heterocycles. The van der Waals surface area contributed by atoms with Gasteiger partial charge in [0.15, 0.2) is 0 Å². The second kappa shape index (κ2) is 5.87. The smallest absolute Gasteiger partial charge is 0.118 e. The molecule has 1 aromatic carbocycles. The van der Waals surface area contributed by atoms with Crippen LogP contribution in [0, 0.1) is 6.92 Å². The molecule has 0 amide bonds. The predicted molar refractivity (Wildman–Crippen MR) is 63.5 cm³/mol. The van der Waals surface area contributed by atoms with Gasteiger partial charge in [-0.15, -0.1) is 0 Å². The van der Waals surface area contributed by atoms with E-state index in [0.717, 1.165) is 11.1 Å². The van der Waals surface area contributed by atoms with Crippen molar-refractivity contribution in [3.63, 3.8) is 0 Å². The first kappa shape index (κ1) is 13.0. The molecule has 0 heterocycles. The van der Waals surface area contributed by atoms with Gasteiger partial charge in [-0.05, 0) is 37.8 Å². The number of phenols is 1. The summed E-state index contributed by atoms with van der Waals surface area (Å²) in [4.78, 5) is 0. The Morgan fingerprint density at radius 2 is 1.88 bits per heavy atom. The molecule has 1 aromatic rings. The molecule has 0 bridgehead atoms. The maximum Gasteiger partial charge on any atom is 0.118 e. The van der Waals surface area contributed by atoms with Crippen LogP contribution in [0.25, 0.3) is 0 Å². The topological polar surface area (TPSA) is 60.7 Å². The monoisotopic (exact) mass is 224 g/mol. The lowest BCUT2D eigenvalue weighted by molar-refractivity contribution is 0.0130. The first-order chi connectivity index (χ1) is 7.54. The highest BCUT2D eigenvalue weighted by molar-refractivity contribution is 5.35. The molecule has 3 N–H and O–H groups in total. The van der Waals surface area contributed by atoms with Gasteiger partial charge in [-0.25, -0.2) is 0 Å². The summed E-state index contributed by atoms with van der Waals surface area (Å²) >= 11 is 0. The quantitative estimate of drug-likeness (QED) is 0.714. The normalized spacial score (nSPS) is 14.8. The van der Waals surface area contributed by atoms with E-state index in [1.54, 1.807) is 6.07 Å². The maximum absolute atomic E-state index is 9.61. The van der Waals surface area contributed by atoms with Crippen LogP contribution in [-0.2, 0) is 6.42 Å². The lowest BCUT2D eigenvalue weighted by Gasteiger charge is -2.16. The molecule has 3 nitrogen and oxygen atoms in total. The lowest BCUT2D eigenvalue weighted by Crippen LogP contribution is -2.25. The Morgan fingerprint density at radius 1 is 1.19 bits per heavy atom. The summed E-state index contributed by atoms with van der Waals surface area (Å²) in [5, 5.41) is 28.6. The zero-order chi connectivity index (χ0) is 12.1. The van der Waals surface area contributed by atoms with E-state index in [4.69, 9.17) is 0 Å². The van der Waals surface area contributed by atoms with E-state index in [2.05, 4.69) is 0 Å². The van der Waals surface area contributed by atoms with E-state index in [1.807, 2.05) is 26.0 Å². The van der Waals surface area contributed by atoms with E-state index < -0.39 is 12.2 Å². The molecule has 0 spiro atoms. The summed E-state index contributed by atoms with van der Waals surface area (Å²) in [7, 11) is 0.